The summed E-state index contributed by atoms with van der Waals surface area (Å²) in [5, 5.41) is 6.42. The Morgan fingerprint density at radius 3 is 2.69 bits per heavy atom. The van der Waals surface area contributed by atoms with E-state index < -0.39 is 0 Å². The highest BCUT2D eigenvalue weighted by atomic mass is 32.1. The van der Waals surface area contributed by atoms with Crippen molar-refractivity contribution >= 4 is 23.2 Å². The second kappa shape index (κ2) is 5.69. The Kier molecular flexibility index (Phi) is 4.54. The lowest BCUT2D eigenvalue weighted by atomic mass is 10.1. The molecule has 0 atom stereocenters. The molecule has 0 spiro atoms. The number of nitrogens with one attached hydrogen (secondary N) is 1. The Morgan fingerprint density at radius 1 is 1.44 bits per heavy atom. The number of hydrogen-bond donors (Lipinski definition) is 1. The van der Waals surface area contributed by atoms with Crippen molar-refractivity contribution in [1.82, 2.24) is 14.9 Å². The predicted molar refractivity (Wildman–Crippen MR) is 61.5 cm³/mol. The highest BCUT2D eigenvalue weighted by Gasteiger charge is 2.16. The van der Waals surface area contributed by atoms with E-state index >= 15 is 0 Å². The maximum Gasteiger partial charge on any atom is 0.265 e. The monoisotopic (exact) mass is 241 g/mol. The maximum absolute atomic E-state index is 11.7. The van der Waals surface area contributed by atoms with E-state index in [9.17, 15) is 9.59 Å². The van der Waals surface area contributed by atoms with Gasteiger partial charge in [-0.25, -0.2) is 0 Å². The minimum Gasteiger partial charge on any atom is -0.344 e. The first-order chi connectivity index (χ1) is 7.56. The van der Waals surface area contributed by atoms with Gasteiger partial charge in [0.25, 0.3) is 5.91 Å². The van der Waals surface area contributed by atoms with E-state index in [-0.39, 0.29) is 24.2 Å². The Labute approximate surface area is 98.4 Å². The van der Waals surface area contributed by atoms with Gasteiger partial charge in [-0.3, -0.25) is 9.59 Å². The zero-order valence-corrected chi connectivity index (χ0v) is 10.4. The Hall–Kier alpha value is -1.30. The highest BCUT2D eigenvalue weighted by molar-refractivity contribution is 7.08. The van der Waals surface area contributed by atoms with Gasteiger partial charge in [0.2, 0.25) is 0 Å². The van der Waals surface area contributed by atoms with Gasteiger partial charge in [-0.1, -0.05) is 25.3 Å². The van der Waals surface area contributed by atoms with E-state index in [2.05, 4.69) is 14.9 Å². The SMILES string of the molecule is CCc1nnsc1C(=O)NCC(=O)C(C)C. The number of aryl methyl sites for hydroxylation is 1. The average Bonchev–Trinajstić information content (AvgIpc) is 2.73. The Morgan fingerprint density at radius 2 is 2.12 bits per heavy atom. The lowest BCUT2D eigenvalue weighted by Gasteiger charge is -2.05. The van der Waals surface area contributed by atoms with Crippen LogP contribution in [0.15, 0.2) is 0 Å². The lowest BCUT2D eigenvalue weighted by Crippen LogP contribution is -2.31. The fourth-order valence-electron chi connectivity index (χ4n) is 1.06. The van der Waals surface area contributed by atoms with E-state index in [0.29, 0.717) is 17.0 Å². The molecule has 1 amide bonds. The number of aromatic nitrogens is 2. The van der Waals surface area contributed by atoms with Crippen LogP contribution < -0.4 is 5.32 Å². The molecule has 0 bridgehead atoms. The standard InChI is InChI=1S/C10H15N3O2S/c1-4-7-9(16-13-12-7)10(15)11-5-8(14)6(2)3/h6H,4-5H2,1-3H3,(H,11,15). The smallest absolute Gasteiger partial charge is 0.265 e. The molecule has 1 aromatic heterocycles. The molecule has 1 aromatic rings. The first-order valence-corrected chi connectivity index (χ1v) is 5.95. The van der Waals surface area contributed by atoms with Crippen LogP contribution in [0.2, 0.25) is 0 Å². The number of nitrogens with zero attached hydrogens (tertiary/aromatic N) is 2. The molecule has 1 N–H and O–H groups in total. The molecular formula is C10H15N3O2S. The molecule has 5 nitrogen and oxygen atoms in total. The van der Waals surface area contributed by atoms with Crippen LogP contribution in [0.5, 0.6) is 0 Å². The first-order valence-electron chi connectivity index (χ1n) is 5.18. The highest BCUT2D eigenvalue weighted by Crippen LogP contribution is 2.10. The molecule has 6 heteroatoms. The summed E-state index contributed by atoms with van der Waals surface area (Å²) >= 11 is 1.06. The topological polar surface area (TPSA) is 72.0 Å². The molecule has 1 rings (SSSR count). The minimum atomic E-state index is -0.263. The molecule has 0 aliphatic rings. The maximum atomic E-state index is 11.7. The van der Waals surface area contributed by atoms with Crippen molar-refractivity contribution in [1.29, 1.82) is 0 Å². The number of carbonyl (C=O) groups excluding carboxylic acids is 2. The van der Waals surface area contributed by atoms with Gasteiger partial charge in [-0.15, -0.1) is 5.10 Å². The van der Waals surface area contributed by atoms with Crippen molar-refractivity contribution in [2.24, 2.45) is 5.92 Å². The number of carbonyl (C=O) groups is 2. The van der Waals surface area contributed by atoms with Gasteiger partial charge >= 0.3 is 0 Å². The van der Waals surface area contributed by atoms with Crippen molar-refractivity contribution in [2.45, 2.75) is 27.2 Å². The molecule has 0 fully saturated rings. The number of amides is 1. The second-order valence-corrected chi connectivity index (χ2v) is 4.46. The average molecular weight is 241 g/mol. The van der Waals surface area contributed by atoms with Crippen molar-refractivity contribution in [3.63, 3.8) is 0 Å². The van der Waals surface area contributed by atoms with E-state index in [1.165, 1.54) is 0 Å². The number of rotatable bonds is 5. The largest absolute Gasteiger partial charge is 0.344 e. The summed E-state index contributed by atoms with van der Waals surface area (Å²) in [6, 6.07) is 0. The normalized spacial score (nSPS) is 10.5. The third kappa shape index (κ3) is 3.10. The summed E-state index contributed by atoms with van der Waals surface area (Å²) in [4.78, 5) is 23.5. The van der Waals surface area contributed by atoms with E-state index in [0.717, 1.165) is 11.5 Å². The van der Waals surface area contributed by atoms with E-state index in [4.69, 9.17) is 0 Å². The summed E-state index contributed by atoms with van der Waals surface area (Å²) in [7, 11) is 0. The summed E-state index contributed by atoms with van der Waals surface area (Å²) < 4.78 is 3.72. The van der Waals surface area contributed by atoms with Crippen LogP contribution in [0, 0.1) is 5.92 Å². The van der Waals surface area contributed by atoms with Gasteiger partial charge in [-0.2, -0.15) is 0 Å². The lowest BCUT2D eigenvalue weighted by molar-refractivity contribution is -0.120. The van der Waals surface area contributed by atoms with Gasteiger partial charge in [0.1, 0.15) is 4.88 Å². The van der Waals surface area contributed by atoms with E-state index in [1.54, 1.807) is 13.8 Å². The molecule has 0 aromatic carbocycles. The molecule has 0 saturated carbocycles. The van der Waals surface area contributed by atoms with Crippen LogP contribution in [0.1, 0.15) is 36.1 Å². The van der Waals surface area contributed by atoms with Crippen molar-refractivity contribution in [3.05, 3.63) is 10.6 Å². The fourth-order valence-corrected chi connectivity index (χ4v) is 1.73. The van der Waals surface area contributed by atoms with Crippen LogP contribution in [0.3, 0.4) is 0 Å². The molecule has 0 radical (unpaired) electrons. The summed E-state index contributed by atoms with van der Waals surface area (Å²) in [6.45, 7) is 5.59. The van der Waals surface area contributed by atoms with Crippen molar-refractivity contribution in [3.8, 4) is 0 Å². The van der Waals surface area contributed by atoms with Crippen LogP contribution in [-0.2, 0) is 11.2 Å². The summed E-state index contributed by atoms with van der Waals surface area (Å²) in [6.07, 6.45) is 0.664. The van der Waals surface area contributed by atoms with E-state index in [1.807, 2.05) is 6.92 Å². The third-order valence-corrected chi connectivity index (χ3v) is 2.93. The van der Waals surface area contributed by atoms with Gasteiger partial charge in [0, 0.05) is 5.92 Å². The van der Waals surface area contributed by atoms with Gasteiger partial charge < -0.3 is 5.32 Å². The van der Waals surface area contributed by atoms with Crippen LogP contribution >= 0.6 is 11.5 Å². The van der Waals surface area contributed by atoms with Crippen LogP contribution in [-0.4, -0.2) is 27.8 Å². The van der Waals surface area contributed by atoms with Crippen LogP contribution in [0.25, 0.3) is 0 Å². The first kappa shape index (κ1) is 12.8. The molecule has 1 heterocycles. The van der Waals surface area contributed by atoms with Crippen LogP contribution in [0.4, 0.5) is 0 Å². The molecular weight excluding hydrogens is 226 g/mol. The van der Waals surface area contributed by atoms with Crippen molar-refractivity contribution in [2.75, 3.05) is 6.54 Å². The minimum absolute atomic E-state index is 0.0175. The predicted octanol–water partition coefficient (Wildman–Crippen LogP) is 1.06. The zero-order chi connectivity index (χ0) is 12.1. The Balaban J connectivity index is 2.56. The number of hydrogen-bond acceptors (Lipinski definition) is 5. The number of Topliss-reactive ketones (excluding diaryl/α,β-unsaturated/α-hetero) is 1. The summed E-state index contributed by atoms with van der Waals surface area (Å²) in [5.41, 5.74) is 0.680. The molecule has 16 heavy (non-hydrogen) atoms. The molecule has 88 valence electrons. The van der Waals surface area contributed by atoms with Gasteiger partial charge in [0.15, 0.2) is 5.78 Å². The number of ketones is 1. The van der Waals surface area contributed by atoms with Gasteiger partial charge in [-0.05, 0) is 18.0 Å². The quantitative estimate of drug-likeness (QED) is 0.836. The zero-order valence-electron chi connectivity index (χ0n) is 9.61. The molecule has 0 unspecified atom stereocenters. The van der Waals surface area contributed by atoms with Gasteiger partial charge in [0.05, 0.1) is 12.2 Å². The summed E-state index contributed by atoms with van der Waals surface area (Å²) in [5.74, 6) is -0.310. The third-order valence-electron chi connectivity index (χ3n) is 2.16. The second-order valence-electron chi connectivity index (χ2n) is 3.71. The molecule has 0 aliphatic carbocycles. The molecule has 0 aliphatic heterocycles. The van der Waals surface area contributed by atoms with Crippen molar-refractivity contribution < 1.29 is 9.59 Å². The fraction of sp³-hybridized carbons (Fsp3) is 0.600. The Bertz CT molecular complexity index is 387. The molecule has 0 saturated heterocycles.